The molecular formula is C18H19ClN2O. The van der Waals surface area contributed by atoms with Crippen LogP contribution in [0.2, 0.25) is 5.02 Å². The monoisotopic (exact) mass is 314 g/mol. The molecule has 0 heterocycles. The Hall–Kier alpha value is -2.00. The first-order valence-corrected chi connectivity index (χ1v) is 7.94. The van der Waals surface area contributed by atoms with Crippen molar-refractivity contribution in [3.63, 3.8) is 0 Å². The molecule has 0 saturated carbocycles. The van der Waals surface area contributed by atoms with E-state index in [1.807, 2.05) is 6.92 Å². The van der Waals surface area contributed by atoms with Crippen molar-refractivity contribution in [2.75, 3.05) is 5.32 Å². The number of aryl methyl sites for hydroxylation is 2. The summed E-state index contributed by atoms with van der Waals surface area (Å²) in [5.41, 5.74) is 4.74. The minimum Gasteiger partial charge on any atom is -0.331 e. The molecule has 2 aromatic rings. The molecule has 2 aromatic carbocycles. The second kappa shape index (κ2) is 6.41. The highest BCUT2D eigenvalue weighted by molar-refractivity contribution is 6.30. The van der Waals surface area contributed by atoms with Crippen LogP contribution in [0.5, 0.6) is 0 Å². The van der Waals surface area contributed by atoms with E-state index in [-0.39, 0.29) is 12.1 Å². The van der Waals surface area contributed by atoms with Gasteiger partial charge in [-0.1, -0.05) is 29.8 Å². The number of hydrogen-bond acceptors (Lipinski definition) is 1. The summed E-state index contributed by atoms with van der Waals surface area (Å²) in [6.07, 6.45) is 3.55. The van der Waals surface area contributed by atoms with E-state index in [9.17, 15) is 4.79 Å². The lowest BCUT2D eigenvalue weighted by atomic mass is 10.0. The second-order valence-electron chi connectivity index (χ2n) is 5.71. The first-order chi connectivity index (χ1) is 10.6. The van der Waals surface area contributed by atoms with Gasteiger partial charge in [0.2, 0.25) is 0 Å². The largest absolute Gasteiger partial charge is 0.331 e. The molecule has 1 aliphatic rings. The highest BCUT2D eigenvalue weighted by Crippen LogP contribution is 2.25. The smallest absolute Gasteiger partial charge is 0.319 e. The van der Waals surface area contributed by atoms with Crippen LogP contribution in [0.25, 0.3) is 0 Å². The van der Waals surface area contributed by atoms with Crippen LogP contribution < -0.4 is 10.6 Å². The Labute approximate surface area is 135 Å². The predicted molar refractivity (Wildman–Crippen MR) is 90.5 cm³/mol. The summed E-state index contributed by atoms with van der Waals surface area (Å²) in [6.45, 7) is 2.00. The van der Waals surface area contributed by atoms with Crippen LogP contribution >= 0.6 is 11.6 Å². The fourth-order valence-corrected chi connectivity index (χ4v) is 2.97. The first-order valence-electron chi connectivity index (χ1n) is 7.56. The van der Waals surface area contributed by atoms with Gasteiger partial charge in [-0.25, -0.2) is 4.79 Å². The van der Waals surface area contributed by atoms with E-state index in [4.69, 9.17) is 11.6 Å². The Morgan fingerprint density at radius 3 is 2.59 bits per heavy atom. The number of hydrogen-bond donors (Lipinski definition) is 2. The fourth-order valence-electron chi connectivity index (χ4n) is 2.84. The number of carbonyl (C=O) groups is 1. The Balaban J connectivity index is 1.62. The van der Waals surface area contributed by atoms with Crippen molar-refractivity contribution < 1.29 is 4.79 Å². The van der Waals surface area contributed by atoms with Gasteiger partial charge in [0.25, 0.3) is 0 Å². The van der Waals surface area contributed by atoms with Crippen LogP contribution in [0.3, 0.4) is 0 Å². The third-order valence-electron chi connectivity index (χ3n) is 4.07. The quantitative estimate of drug-likeness (QED) is 0.846. The molecule has 4 heteroatoms. The summed E-state index contributed by atoms with van der Waals surface area (Å²) >= 11 is 5.83. The van der Waals surface area contributed by atoms with Crippen molar-refractivity contribution in [1.82, 2.24) is 5.32 Å². The molecule has 0 saturated heterocycles. The highest BCUT2D eigenvalue weighted by Gasteiger charge is 2.14. The van der Waals surface area contributed by atoms with E-state index in [1.54, 1.807) is 24.3 Å². The van der Waals surface area contributed by atoms with Gasteiger partial charge in [-0.3, -0.25) is 0 Å². The zero-order valence-electron chi connectivity index (χ0n) is 12.5. The van der Waals surface area contributed by atoms with E-state index >= 15 is 0 Å². The summed E-state index contributed by atoms with van der Waals surface area (Å²) < 4.78 is 0. The number of nitrogens with one attached hydrogen (secondary N) is 2. The van der Waals surface area contributed by atoms with Crippen LogP contribution in [0.15, 0.2) is 42.5 Å². The Morgan fingerprint density at radius 2 is 1.82 bits per heavy atom. The maximum atomic E-state index is 12.1. The molecule has 0 aliphatic heterocycles. The van der Waals surface area contributed by atoms with E-state index in [2.05, 4.69) is 28.8 Å². The third-order valence-corrected chi connectivity index (χ3v) is 4.32. The van der Waals surface area contributed by atoms with Crippen LogP contribution in [0, 0.1) is 0 Å². The van der Waals surface area contributed by atoms with Crippen LogP contribution in [0.1, 0.15) is 36.1 Å². The van der Waals surface area contributed by atoms with Crippen molar-refractivity contribution in [3.05, 3.63) is 64.2 Å². The lowest BCUT2D eigenvalue weighted by Gasteiger charge is -2.16. The van der Waals surface area contributed by atoms with Gasteiger partial charge in [-0.15, -0.1) is 0 Å². The van der Waals surface area contributed by atoms with E-state index < -0.39 is 0 Å². The topological polar surface area (TPSA) is 41.1 Å². The number of rotatable bonds is 3. The summed E-state index contributed by atoms with van der Waals surface area (Å²) in [7, 11) is 0. The van der Waals surface area contributed by atoms with E-state index in [0.29, 0.717) is 5.02 Å². The molecule has 0 spiro atoms. The number of halogens is 1. The third kappa shape index (κ3) is 3.42. The number of urea groups is 1. The minimum atomic E-state index is -0.213. The number of carbonyl (C=O) groups excluding carboxylic acids is 1. The van der Waals surface area contributed by atoms with Gasteiger partial charge in [0.15, 0.2) is 0 Å². The molecule has 0 unspecified atom stereocenters. The maximum Gasteiger partial charge on any atom is 0.319 e. The highest BCUT2D eigenvalue weighted by atomic mass is 35.5. The lowest BCUT2D eigenvalue weighted by molar-refractivity contribution is 0.249. The zero-order valence-corrected chi connectivity index (χ0v) is 13.3. The number of fused-ring (bicyclic) bond motifs is 1. The summed E-state index contributed by atoms with van der Waals surface area (Å²) in [4.78, 5) is 12.1. The molecule has 22 heavy (non-hydrogen) atoms. The SMILES string of the molecule is C[C@H](NC(=O)Nc1ccc(Cl)cc1)c1ccc2c(c1)CCC2. The number of amides is 2. The van der Waals surface area contributed by atoms with Crippen molar-refractivity contribution in [2.24, 2.45) is 0 Å². The van der Waals surface area contributed by atoms with Crippen LogP contribution in [0.4, 0.5) is 10.5 Å². The summed E-state index contributed by atoms with van der Waals surface area (Å²) in [5.74, 6) is 0. The molecule has 1 aliphatic carbocycles. The van der Waals surface area contributed by atoms with Gasteiger partial charge < -0.3 is 10.6 Å². The van der Waals surface area contributed by atoms with Gasteiger partial charge >= 0.3 is 6.03 Å². The zero-order chi connectivity index (χ0) is 15.5. The molecular weight excluding hydrogens is 296 g/mol. The number of anilines is 1. The van der Waals surface area contributed by atoms with Crippen molar-refractivity contribution >= 4 is 23.3 Å². The van der Waals surface area contributed by atoms with Gasteiger partial charge in [-0.2, -0.15) is 0 Å². The van der Waals surface area contributed by atoms with E-state index in [1.165, 1.54) is 24.0 Å². The molecule has 1 atom stereocenters. The maximum absolute atomic E-state index is 12.1. The molecule has 0 radical (unpaired) electrons. The van der Waals surface area contributed by atoms with Gasteiger partial charge in [0, 0.05) is 10.7 Å². The molecule has 2 amide bonds. The average Bonchev–Trinajstić information content (AvgIpc) is 2.97. The Morgan fingerprint density at radius 1 is 1.09 bits per heavy atom. The lowest BCUT2D eigenvalue weighted by Crippen LogP contribution is -2.31. The van der Waals surface area contributed by atoms with Crippen LogP contribution in [-0.2, 0) is 12.8 Å². The summed E-state index contributed by atoms with van der Waals surface area (Å²) in [6, 6.07) is 13.3. The molecule has 3 nitrogen and oxygen atoms in total. The Kier molecular flexibility index (Phi) is 4.34. The van der Waals surface area contributed by atoms with Crippen LogP contribution in [-0.4, -0.2) is 6.03 Å². The van der Waals surface area contributed by atoms with Gasteiger partial charge in [0.1, 0.15) is 0 Å². The number of benzene rings is 2. The molecule has 3 rings (SSSR count). The predicted octanol–water partition coefficient (Wildman–Crippen LogP) is 4.71. The fraction of sp³-hybridized carbons (Fsp3) is 0.278. The van der Waals surface area contributed by atoms with E-state index in [0.717, 1.165) is 17.7 Å². The normalized spacial score (nSPS) is 14.3. The molecule has 0 bridgehead atoms. The van der Waals surface area contributed by atoms with Gasteiger partial charge in [-0.05, 0) is 67.1 Å². The first kappa shape index (κ1) is 14.9. The average molecular weight is 315 g/mol. The molecule has 0 fully saturated rings. The second-order valence-corrected chi connectivity index (χ2v) is 6.15. The molecule has 2 N–H and O–H groups in total. The molecule has 0 aromatic heterocycles. The van der Waals surface area contributed by atoms with Crippen molar-refractivity contribution in [2.45, 2.75) is 32.2 Å². The minimum absolute atomic E-state index is 0.0294. The standard InChI is InChI=1S/C18H19ClN2O/c1-12(14-6-5-13-3-2-4-15(13)11-14)20-18(22)21-17-9-7-16(19)8-10-17/h5-12H,2-4H2,1H3,(H2,20,21,22)/t12-/m0/s1. The van der Waals surface area contributed by atoms with Crippen molar-refractivity contribution in [3.8, 4) is 0 Å². The summed E-state index contributed by atoms with van der Waals surface area (Å²) in [5, 5.41) is 6.43. The Bertz CT molecular complexity index is 682. The van der Waals surface area contributed by atoms with Gasteiger partial charge in [0.05, 0.1) is 6.04 Å². The molecule has 114 valence electrons. The van der Waals surface area contributed by atoms with Crippen molar-refractivity contribution in [1.29, 1.82) is 0 Å².